The Hall–Kier alpha value is -0.410. The SMILES string of the molecule is CN=C(NCCCCOC1CCCCCC1)N(C)Cc1csc(C)n1.I. The molecule has 1 aliphatic rings. The Morgan fingerprint density at radius 3 is 2.65 bits per heavy atom. The van der Waals surface area contributed by atoms with Crippen LogP contribution < -0.4 is 5.32 Å². The molecule has 1 saturated carbocycles. The van der Waals surface area contributed by atoms with Gasteiger partial charge in [-0.2, -0.15) is 0 Å². The van der Waals surface area contributed by atoms with Crippen LogP contribution in [0.3, 0.4) is 0 Å². The van der Waals surface area contributed by atoms with E-state index in [2.05, 4.69) is 32.6 Å². The Morgan fingerprint density at radius 1 is 1.31 bits per heavy atom. The van der Waals surface area contributed by atoms with Crippen molar-refractivity contribution in [2.24, 2.45) is 4.99 Å². The fourth-order valence-corrected chi connectivity index (χ4v) is 3.87. The van der Waals surface area contributed by atoms with E-state index in [4.69, 9.17) is 4.74 Å². The number of unbranched alkanes of at least 4 members (excludes halogenated alkanes) is 1. The highest BCUT2D eigenvalue weighted by Gasteiger charge is 2.12. The number of hydrogen-bond donors (Lipinski definition) is 1. The Morgan fingerprint density at radius 2 is 2.04 bits per heavy atom. The van der Waals surface area contributed by atoms with Gasteiger partial charge in [0, 0.05) is 32.6 Å². The number of nitrogens with zero attached hydrogens (tertiary/aromatic N) is 3. The fraction of sp³-hybridized carbons (Fsp3) is 0.789. The Kier molecular flexibility index (Phi) is 12.5. The molecule has 0 spiro atoms. The minimum atomic E-state index is 0. The summed E-state index contributed by atoms with van der Waals surface area (Å²) in [6.07, 6.45) is 10.7. The molecule has 1 aromatic heterocycles. The first kappa shape index (κ1) is 23.6. The van der Waals surface area contributed by atoms with Gasteiger partial charge in [-0.05, 0) is 32.6 Å². The molecule has 1 N–H and O–H groups in total. The number of aromatic nitrogens is 1. The van der Waals surface area contributed by atoms with E-state index in [1.165, 1.54) is 38.5 Å². The van der Waals surface area contributed by atoms with Gasteiger partial charge in [-0.1, -0.05) is 25.7 Å². The van der Waals surface area contributed by atoms with Crippen LogP contribution >= 0.6 is 35.3 Å². The smallest absolute Gasteiger partial charge is 0.193 e. The molecular weight excluding hydrogens is 459 g/mol. The van der Waals surface area contributed by atoms with Crippen molar-refractivity contribution in [1.82, 2.24) is 15.2 Å². The van der Waals surface area contributed by atoms with Gasteiger partial charge in [-0.3, -0.25) is 4.99 Å². The number of guanidine groups is 1. The van der Waals surface area contributed by atoms with Crippen LogP contribution in [0.15, 0.2) is 10.4 Å². The zero-order valence-corrected chi connectivity index (χ0v) is 19.6. The summed E-state index contributed by atoms with van der Waals surface area (Å²) in [4.78, 5) is 11.0. The normalized spacial score (nSPS) is 16.0. The fourth-order valence-electron chi connectivity index (χ4n) is 3.27. The van der Waals surface area contributed by atoms with Gasteiger partial charge >= 0.3 is 0 Å². The summed E-state index contributed by atoms with van der Waals surface area (Å²) in [6.45, 7) is 4.65. The van der Waals surface area contributed by atoms with E-state index in [1.54, 1.807) is 11.3 Å². The number of rotatable bonds is 8. The predicted molar refractivity (Wildman–Crippen MR) is 122 cm³/mol. The molecule has 0 saturated heterocycles. The highest BCUT2D eigenvalue weighted by atomic mass is 127. The van der Waals surface area contributed by atoms with Crippen LogP contribution in [0.5, 0.6) is 0 Å². The van der Waals surface area contributed by atoms with E-state index in [0.717, 1.165) is 49.2 Å². The largest absolute Gasteiger partial charge is 0.378 e. The Bertz CT molecular complexity index is 515. The Balaban J connectivity index is 0.00000338. The summed E-state index contributed by atoms with van der Waals surface area (Å²) in [5.74, 6) is 0.926. The second-order valence-corrected chi connectivity index (χ2v) is 7.94. The summed E-state index contributed by atoms with van der Waals surface area (Å²) >= 11 is 1.69. The lowest BCUT2D eigenvalue weighted by Gasteiger charge is -2.21. The molecular formula is C19H35IN4OS. The number of halogens is 1. The van der Waals surface area contributed by atoms with Crippen molar-refractivity contribution in [3.63, 3.8) is 0 Å². The number of hydrogen-bond acceptors (Lipinski definition) is 4. The van der Waals surface area contributed by atoms with Crippen LogP contribution in [0, 0.1) is 6.92 Å². The van der Waals surface area contributed by atoms with E-state index in [9.17, 15) is 0 Å². The molecule has 1 aromatic rings. The minimum Gasteiger partial charge on any atom is -0.378 e. The van der Waals surface area contributed by atoms with Gasteiger partial charge in [0.2, 0.25) is 0 Å². The van der Waals surface area contributed by atoms with Crippen LogP contribution in [0.25, 0.3) is 0 Å². The molecule has 0 amide bonds. The average molecular weight is 494 g/mol. The predicted octanol–water partition coefficient (Wildman–Crippen LogP) is 4.60. The average Bonchev–Trinajstić information content (AvgIpc) is 2.85. The first-order chi connectivity index (χ1) is 12.2. The molecule has 1 fully saturated rings. The van der Waals surface area contributed by atoms with Crippen LogP contribution in [0.4, 0.5) is 0 Å². The summed E-state index contributed by atoms with van der Waals surface area (Å²) in [5.41, 5.74) is 1.10. The molecule has 26 heavy (non-hydrogen) atoms. The molecule has 1 aliphatic carbocycles. The van der Waals surface area contributed by atoms with Crippen molar-refractivity contribution in [3.05, 3.63) is 16.1 Å². The molecule has 0 radical (unpaired) electrons. The van der Waals surface area contributed by atoms with Crippen molar-refractivity contribution < 1.29 is 4.74 Å². The van der Waals surface area contributed by atoms with Gasteiger partial charge in [0.15, 0.2) is 5.96 Å². The summed E-state index contributed by atoms with van der Waals surface area (Å²) in [6, 6.07) is 0. The maximum Gasteiger partial charge on any atom is 0.193 e. The lowest BCUT2D eigenvalue weighted by molar-refractivity contribution is 0.0411. The van der Waals surface area contributed by atoms with E-state index in [-0.39, 0.29) is 24.0 Å². The molecule has 1 heterocycles. The molecule has 0 atom stereocenters. The third-order valence-electron chi connectivity index (χ3n) is 4.65. The van der Waals surface area contributed by atoms with Crippen LogP contribution in [0.1, 0.15) is 62.1 Å². The zero-order valence-electron chi connectivity index (χ0n) is 16.5. The van der Waals surface area contributed by atoms with Crippen molar-refractivity contribution in [1.29, 1.82) is 0 Å². The van der Waals surface area contributed by atoms with Crippen molar-refractivity contribution in [2.45, 2.75) is 70.9 Å². The molecule has 0 unspecified atom stereocenters. The standard InChI is InChI=1S/C19H34N4OS.HI/c1-16-22-17(15-25-16)14-23(3)19(20-2)21-12-8-9-13-24-18-10-6-4-5-7-11-18;/h15,18H,4-14H2,1-3H3,(H,20,21);1H. The van der Waals surface area contributed by atoms with Gasteiger partial charge in [0.1, 0.15) is 0 Å². The van der Waals surface area contributed by atoms with E-state index >= 15 is 0 Å². The summed E-state index contributed by atoms with van der Waals surface area (Å²) in [5, 5.41) is 6.67. The highest BCUT2D eigenvalue weighted by molar-refractivity contribution is 14.0. The van der Waals surface area contributed by atoms with E-state index in [0.29, 0.717) is 6.10 Å². The number of thiazole rings is 1. The zero-order chi connectivity index (χ0) is 17.9. The lowest BCUT2D eigenvalue weighted by Crippen LogP contribution is -2.39. The summed E-state index contributed by atoms with van der Waals surface area (Å²) < 4.78 is 6.05. The minimum absolute atomic E-state index is 0. The number of aryl methyl sites for hydroxylation is 1. The van der Waals surface area contributed by atoms with Gasteiger partial charge in [-0.25, -0.2) is 4.98 Å². The molecule has 7 heteroatoms. The van der Waals surface area contributed by atoms with Crippen LogP contribution in [0.2, 0.25) is 0 Å². The molecule has 0 bridgehead atoms. The first-order valence-electron chi connectivity index (χ1n) is 9.63. The van der Waals surface area contributed by atoms with Gasteiger partial charge in [-0.15, -0.1) is 35.3 Å². The van der Waals surface area contributed by atoms with Crippen molar-refractivity contribution in [3.8, 4) is 0 Å². The summed E-state index contributed by atoms with van der Waals surface area (Å²) in [7, 11) is 3.89. The number of ether oxygens (including phenoxy) is 1. The molecule has 5 nitrogen and oxygen atoms in total. The number of nitrogens with one attached hydrogen (secondary N) is 1. The molecule has 0 aliphatic heterocycles. The van der Waals surface area contributed by atoms with Gasteiger partial charge in [0.05, 0.1) is 23.4 Å². The molecule has 150 valence electrons. The van der Waals surface area contributed by atoms with Crippen LogP contribution in [-0.4, -0.2) is 49.2 Å². The van der Waals surface area contributed by atoms with Crippen molar-refractivity contribution >= 4 is 41.3 Å². The maximum absolute atomic E-state index is 6.05. The number of aliphatic imine (C=N–C) groups is 1. The quantitative estimate of drug-likeness (QED) is 0.189. The first-order valence-corrected chi connectivity index (χ1v) is 10.5. The van der Waals surface area contributed by atoms with E-state index in [1.807, 2.05) is 14.0 Å². The Labute approximate surface area is 180 Å². The van der Waals surface area contributed by atoms with E-state index < -0.39 is 0 Å². The van der Waals surface area contributed by atoms with Crippen molar-refractivity contribution in [2.75, 3.05) is 27.2 Å². The monoisotopic (exact) mass is 494 g/mol. The van der Waals surface area contributed by atoms with Gasteiger partial charge < -0.3 is 15.0 Å². The van der Waals surface area contributed by atoms with Gasteiger partial charge in [0.25, 0.3) is 0 Å². The maximum atomic E-state index is 6.05. The van der Waals surface area contributed by atoms with Crippen LogP contribution in [-0.2, 0) is 11.3 Å². The highest BCUT2D eigenvalue weighted by Crippen LogP contribution is 2.19. The topological polar surface area (TPSA) is 49.8 Å². The third kappa shape index (κ3) is 8.99. The third-order valence-corrected chi connectivity index (χ3v) is 5.47. The second-order valence-electron chi connectivity index (χ2n) is 6.88. The molecule has 2 rings (SSSR count). The lowest BCUT2D eigenvalue weighted by atomic mass is 10.1. The molecule has 0 aromatic carbocycles. The second kappa shape index (κ2) is 13.7.